The molecule has 0 saturated carbocycles. The van der Waals surface area contributed by atoms with Crippen molar-refractivity contribution in [2.24, 2.45) is 0 Å². The Morgan fingerprint density at radius 3 is 2.48 bits per heavy atom. The third-order valence-corrected chi connectivity index (χ3v) is 4.22. The van der Waals surface area contributed by atoms with Gasteiger partial charge in [-0.15, -0.1) is 0 Å². The molecule has 0 aromatic heterocycles. The first-order valence-electron chi connectivity index (χ1n) is 7.78. The van der Waals surface area contributed by atoms with Crippen LogP contribution in [0.25, 0.3) is 0 Å². The van der Waals surface area contributed by atoms with Gasteiger partial charge in [-0.25, -0.2) is 0 Å². The summed E-state index contributed by atoms with van der Waals surface area (Å²) in [5.41, 5.74) is 2.98. The molecule has 0 radical (unpaired) electrons. The van der Waals surface area contributed by atoms with E-state index in [0.717, 1.165) is 23.2 Å². The maximum atomic E-state index is 12.7. The van der Waals surface area contributed by atoms with Crippen LogP contribution < -0.4 is 4.90 Å². The fraction of sp³-hybridized carbons (Fsp3) is 0.263. The molecule has 1 heterocycles. The van der Waals surface area contributed by atoms with E-state index in [2.05, 4.69) is 0 Å². The summed E-state index contributed by atoms with van der Waals surface area (Å²) in [6, 6.07) is 17.5. The largest absolute Gasteiger partial charge is 0.333 e. The van der Waals surface area contributed by atoms with Gasteiger partial charge in [0.05, 0.1) is 0 Å². The lowest BCUT2D eigenvalue weighted by atomic mass is 10.1. The smallest absolute Gasteiger partial charge is 0.316 e. The zero-order valence-corrected chi connectivity index (χ0v) is 13.4. The number of rotatable bonds is 2. The average Bonchev–Trinajstić information content (AvgIpc) is 2.90. The van der Waals surface area contributed by atoms with Crippen LogP contribution in [-0.2, 0) is 22.6 Å². The Morgan fingerprint density at radius 1 is 1.09 bits per heavy atom. The van der Waals surface area contributed by atoms with Crippen molar-refractivity contribution in [1.82, 2.24) is 4.90 Å². The molecule has 118 valence electrons. The molecule has 3 rings (SSSR count). The average molecular weight is 308 g/mol. The molecule has 0 N–H and O–H groups in total. The number of carbonyl (C=O) groups excluding carboxylic acids is 2. The van der Waals surface area contributed by atoms with Gasteiger partial charge < -0.3 is 9.80 Å². The lowest BCUT2D eigenvalue weighted by molar-refractivity contribution is -0.144. The molecular formula is C19H20N2O2. The van der Waals surface area contributed by atoms with Crippen LogP contribution in [0.2, 0.25) is 0 Å². The van der Waals surface area contributed by atoms with E-state index in [9.17, 15) is 9.59 Å². The standard InChI is InChI=1S/C19H20N2O2/c1-14-12-16-10-6-7-11-17(16)21(14)19(23)18(22)20(2)13-15-8-4-3-5-9-15/h3-11,14H,12-13H2,1-2H3. The highest BCUT2D eigenvalue weighted by atomic mass is 16.2. The molecule has 2 aromatic carbocycles. The molecular weight excluding hydrogens is 288 g/mol. The minimum atomic E-state index is -0.475. The zero-order chi connectivity index (χ0) is 16.4. The second-order valence-electron chi connectivity index (χ2n) is 6.00. The summed E-state index contributed by atoms with van der Waals surface area (Å²) < 4.78 is 0. The van der Waals surface area contributed by atoms with Crippen molar-refractivity contribution in [3.8, 4) is 0 Å². The van der Waals surface area contributed by atoms with Gasteiger partial charge in [-0.2, -0.15) is 0 Å². The van der Waals surface area contributed by atoms with Gasteiger partial charge >= 0.3 is 11.8 Å². The Bertz CT molecular complexity index is 727. The second-order valence-corrected chi connectivity index (χ2v) is 6.00. The van der Waals surface area contributed by atoms with Crippen LogP contribution in [0.5, 0.6) is 0 Å². The van der Waals surface area contributed by atoms with E-state index < -0.39 is 11.8 Å². The molecule has 0 aliphatic carbocycles. The van der Waals surface area contributed by atoms with Gasteiger partial charge in [0.2, 0.25) is 0 Å². The third kappa shape index (κ3) is 2.97. The van der Waals surface area contributed by atoms with Crippen molar-refractivity contribution >= 4 is 17.5 Å². The van der Waals surface area contributed by atoms with Crippen molar-refractivity contribution in [2.75, 3.05) is 11.9 Å². The minimum absolute atomic E-state index is 0.00831. The Balaban J connectivity index is 1.76. The topological polar surface area (TPSA) is 40.6 Å². The van der Waals surface area contributed by atoms with Gasteiger partial charge in [0.15, 0.2) is 0 Å². The van der Waals surface area contributed by atoms with Gasteiger partial charge in [-0.3, -0.25) is 9.59 Å². The fourth-order valence-electron chi connectivity index (χ4n) is 3.07. The van der Waals surface area contributed by atoms with Crippen LogP contribution in [0.3, 0.4) is 0 Å². The van der Waals surface area contributed by atoms with Crippen LogP contribution >= 0.6 is 0 Å². The van der Waals surface area contributed by atoms with E-state index in [1.165, 1.54) is 4.90 Å². The normalized spacial score (nSPS) is 16.1. The summed E-state index contributed by atoms with van der Waals surface area (Å²) in [6.07, 6.45) is 0.789. The van der Waals surface area contributed by atoms with Crippen molar-refractivity contribution in [1.29, 1.82) is 0 Å². The number of hydrogen-bond acceptors (Lipinski definition) is 2. The molecule has 1 aliphatic heterocycles. The van der Waals surface area contributed by atoms with Crippen molar-refractivity contribution in [2.45, 2.75) is 25.9 Å². The lowest BCUT2D eigenvalue weighted by Crippen LogP contribution is -2.46. The molecule has 0 saturated heterocycles. The molecule has 2 amide bonds. The molecule has 1 unspecified atom stereocenters. The predicted molar refractivity (Wildman–Crippen MR) is 90.0 cm³/mol. The van der Waals surface area contributed by atoms with Crippen LogP contribution in [0.4, 0.5) is 5.69 Å². The quantitative estimate of drug-likeness (QED) is 0.800. The van der Waals surface area contributed by atoms with E-state index in [1.54, 1.807) is 11.9 Å². The second kappa shape index (κ2) is 6.24. The Kier molecular flexibility index (Phi) is 4.15. The van der Waals surface area contributed by atoms with Crippen LogP contribution in [0, 0.1) is 0 Å². The van der Waals surface area contributed by atoms with E-state index in [4.69, 9.17) is 0 Å². The summed E-state index contributed by atoms with van der Waals surface area (Å²) >= 11 is 0. The van der Waals surface area contributed by atoms with E-state index in [-0.39, 0.29) is 6.04 Å². The van der Waals surface area contributed by atoms with E-state index in [1.807, 2.05) is 61.5 Å². The fourth-order valence-corrected chi connectivity index (χ4v) is 3.07. The number of amides is 2. The van der Waals surface area contributed by atoms with Crippen LogP contribution in [0.15, 0.2) is 54.6 Å². The first-order valence-corrected chi connectivity index (χ1v) is 7.78. The molecule has 0 bridgehead atoms. The Hall–Kier alpha value is -2.62. The zero-order valence-electron chi connectivity index (χ0n) is 13.4. The van der Waals surface area contributed by atoms with Crippen LogP contribution in [0.1, 0.15) is 18.1 Å². The summed E-state index contributed by atoms with van der Waals surface area (Å²) in [5.74, 6) is -0.932. The highest BCUT2D eigenvalue weighted by Crippen LogP contribution is 2.32. The van der Waals surface area contributed by atoms with Crippen molar-refractivity contribution < 1.29 is 9.59 Å². The number of carbonyl (C=O) groups is 2. The predicted octanol–water partition coefficient (Wildman–Crippen LogP) is 2.62. The SMILES string of the molecule is CC1Cc2ccccc2N1C(=O)C(=O)N(C)Cc1ccccc1. The number of anilines is 1. The molecule has 23 heavy (non-hydrogen) atoms. The minimum Gasteiger partial charge on any atom is -0.333 e. The van der Waals surface area contributed by atoms with Gasteiger partial charge in [-0.1, -0.05) is 48.5 Å². The van der Waals surface area contributed by atoms with E-state index >= 15 is 0 Å². The summed E-state index contributed by atoms with van der Waals surface area (Å²) in [4.78, 5) is 28.3. The number of para-hydroxylation sites is 1. The number of fused-ring (bicyclic) bond motifs is 1. The van der Waals surface area contributed by atoms with Crippen molar-refractivity contribution in [3.63, 3.8) is 0 Å². The number of benzene rings is 2. The highest BCUT2D eigenvalue weighted by Gasteiger charge is 2.35. The molecule has 2 aromatic rings. The van der Waals surface area contributed by atoms with E-state index in [0.29, 0.717) is 6.54 Å². The lowest BCUT2D eigenvalue weighted by Gasteiger charge is -2.25. The number of nitrogens with zero attached hydrogens (tertiary/aromatic N) is 2. The molecule has 0 fully saturated rings. The summed E-state index contributed by atoms with van der Waals surface area (Å²) in [5, 5.41) is 0. The number of hydrogen-bond donors (Lipinski definition) is 0. The maximum absolute atomic E-state index is 12.7. The Morgan fingerprint density at radius 2 is 1.74 bits per heavy atom. The third-order valence-electron chi connectivity index (χ3n) is 4.22. The monoisotopic (exact) mass is 308 g/mol. The van der Waals surface area contributed by atoms with Gasteiger partial charge in [-0.05, 0) is 30.5 Å². The first kappa shape index (κ1) is 15.3. The highest BCUT2D eigenvalue weighted by molar-refractivity contribution is 6.40. The Labute approximate surface area is 136 Å². The molecule has 1 aliphatic rings. The van der Waals surface area contributed by atoms with Gasteiger partial charge in [0, 0.05) is 25.3 Å². The van der Waals surface area contributed by atoms with Gasteiger partial charge in [0.25, 0.3) is 0 Å². The maximum Gasteiger partial charge on any atom is 0.316 e. The van der Waals surface area contributed by atoms with Crippen molar-refractivity contribution in [3.05, 3.63) is 65.7 Å². The molecule has 4 nitrogen and oxygen atoms in total. The molecule has 0 spiro atoms. The van der Waals surface area contributed by atoms with Crippen LogP contribution in [-0.4, -0.2) is 29.8 Å². The number of likely N-dealkylation sites (N-methyl/N-ethyl adjacent to an activating group) is 1. The van der Waals surface area contributed by atoms with Gasteiger partial charge in [0.1, 0.15) is 0 Å². The molecule has 4 heteroatoms. The summed E-state index contributed by atoms with van der Waals surface area (Å²) in [7, 11) is 1.67. The first-order chi connectivity index (χ1) is 11.1. The summed E-state index contributed by atoms with van der Waals surface area (Å²) in [6.45, 7) is 2.40. The molecule has 1 atom stereocenters.